The molecule has 0 aromatic heterocycles. The third-order valence-electron chi connectivity index (χ3n) is 9.87. The second kappa shape index (κ2) is 9.68. The van der Waals surface area contributed by atoms with Crippen molar-refractivity contribution >= 4 is 11.9 Å². The molecule has 13 heteroatoms. The molecule has 0 amide bonds. The zero-order valence-electron chi connectivity index (χ0n) is 23.1. The van der Waals surface area contributed by atoms with E-state index in [0.717, 1.165) is 0 Å². The van der Waals surface area contributed by atoms with Gasteiger partial charge in [0.25, 0.3) is 0 Å². The van der Waals surface area contributed by atoms with Crippen molar-refractivity contribution in [1.82, 2.24) is 0 Å². The summed E-state index contributed by atoms with van der Waals surface area (Å²) in [7, 11) is 0. The fourth-order valence-electron chi connectivity index (χ4n) is 7.70. The first-order valence-electron chi connectivity index (χ1n) is 14.1. The summed E-state index contributed by atoms with van der Waals surface area (Å²) in [6.07, 6.45) is -8.57. The van der Waals surface area contributed by atoms with Gasteiger partial charge in [0.15, 0.2) is 18.4 Å². The Balaban J connectivity index is 1.12. The number of benzene rings is 2. The molecule has 4 saturated heterocycles. The maximum atomic E-state index is 12.9. The van der Waals surface area contributed by atoms with Crippen molar-refractivity contribution in [2.24, 2.45) is 11.3 Å². The summed E-state index contributed by atoms with van der Waals surface area (Å²) in [6.45, 7) is 1.01. The number of esters is 2. The number of ether oxygens (including phenoxy) is 6. The Morgan fingerprint density at radius 1 is 0.907 bits per heavy atom. The molecule has 9 rings (SSSR count). The lowest BCUT2D eigenvalue weighted by Crippen LogP contribution is -2.80. The SMILES string of the molecule is C[C@@]12C[C@@]3(O)O[C@@H](O1)[C@@]1(COC(=O)c4ccc(O)cc4)[C@H]3C[C@@]12O[C@@H]1O[C@H](COC(=O)c2ccccc2)[C@@H](O)[C@H](O)[C@H]1O. The van der Waals surface area contributed by atoms with Gasteiger partial charge < -0.3 is 54.0 Å². The van der Waals surface area contributed by atoms with Crippen LogP contribution >= 0.6 is 0 Å². The molecule has 11 atom stereocenters. The average Bonchev–Trinajstić information content (AvgIpc) is 3.18. The second-order valence-electron chi connectivity index (χ2n) is 12.2. The number of hydrogen-bond acceptors (Lipinski definition) is 13. The van der Waals surface area contributed by atoms with E-state index in [1.807, 2.05) is 0 Å². The van der Waals surface area contributed by atoms with Gasteiger partial charge in [-0.25, -0.2) is 9.59 Å². The van der Waals surface area contributed by atoms with Gasteiger partial charge in [-0.2, -0.15) is 0 Å². The minimum Gasteiger partial charge on any atom is -0.508 e. The van der Waals surface area contributed by atoms with Crippen molar-refractivity contribution in [1.29, 1.82) is 0 Å². The molecule has 3 aliphatic carbocycles. The molecule has 4 aliphatic heterocycles. The lowest BCUT2D eigenvalue weighted by molar-refractivity contribution is -0.424. The smallest absolute Gasteiger partial charge is 0.338 e. The molecule has 5 N–H and O–H groups in total. The predicted octanol–water partition coefficient (Wildman–Crippen LogP) is 0.213. The Kier molecular flexibility index (Phi) is 6.44. The highest BCUT2D eigenvalue weighted by Crippen LogP contribution is 2.81. The molecule has 0 radical (unpaired) electrons. The van der Waals surface area contributed by atoms with E-state index in [-0.39, 0.29) is 36.3 Å². The lowest BCUT2D eigenvalue weighted by atomic mass is 9.41. The van der Waals surface area contributed by atoms with Crippen molar-refractivity contribution in [2.75, 3.05) is 13.2 Å². The van der Waals surface area contributed by atoms with Gasteiger partial charge in [-0.15, -0.1) is 0 Å². The normalized spacial score (nSPS) is 43.7. The summed E-state index contributed by atoms with van der Waals surface area (Å²) >= 11 is 0. The molecule has 7 aliphatic rings. The van der Waals surface area contributed by atoms with Crippen LogP contribution in [0.1, 0.15) is 40.5 Å². The van der Waals surface area contributed by atoms with Gasteiger partial charge in [0.05, 0.1) is 16.5 Å². The van der Waals surface area contributed by atoms with Crippen LogP contribution < -0.4 is 0 Å². The highest BCUT2D eigenvalue weighted by molar-refractivity contribution is 5.90. The Labute approximate surface area is 245 Å². The third kappa shape index (κ3) is 3.93. The molecule has 0 unspecified atom stereocenters. The highest BCUT2D eigenvalue weighted by Gasteiger charge is 2.94. The molecule has 43 heavy (non-hydrogen) atoms. The first-order chi connectivity index (χ1) is 20.4. The van der Waals surface area contributed by atoms with Crippen LogP contribution in [0.5, 0.6) is 5.75 Å². The number of aliphatic hydroxyl groups is 4. The summed E-state index contributed by atoms with van der Waals surface area (Å²) in [5, 5.41) is 53.2. The highest BCUT2D eigenvalue weighted by atomic mass is 16.8. The minimum atomic E-state index is -1.71. The molecule has 230 valence electrons. The van der Waals surface area contributed by atoms with Crippen molar-refractivity contribution in [2.45, 2.75) is 73.8 Å². The van der Waals surface area contributed by atoms with Gasteiger partial charge >= 0.3 is 11.9 Å². The van der Waals surface area contributed by atoms with Crippen LogP contribution in [0, 0.1) is 11.3 Å². The topological polar surface area (TPSA) is 191 Å². The summed E-state index contributed by atoms with van der Waals surface area (Å²) in [5.74, 6) is -3.46. The van der Waals surface area contributed by atoms with Crippen molar-refractivity contribution in [3.05, 3.63) is 65.7 Å². The van der Waals surface area contributed by atoms with Crippen molar-refractivity contribution in [3.8, 4) is 5.75 Å². The van der Waals surface area contributed by atoms with Crippen LogP contribution in [0.3, 0.4) is 0 Å². The van der Waals surface area contributed by atoms with Crippen LogP contribution in [0.2, 0.25) is 0 Å². The van der Waals surface area contributed by atoms with Crippen LogP contribution in [0.15, 0.2) is 54.6 Å². The average molecular weight is 601 g/mol. The second-order valence-corrected chi connectivity index (χ2v) is 12.2. The minimum absolute atomic E-state index is 0.0149. The summed E-state index contributed by atoms with van der Waals surface area (Å²) < 4.78 is 35.6. The van der Waals surface area contributed by atoms with Crippen molar-refractivity contribution in [3.63, 3.8) is 0 Å². The van der Waals surface area contributed by atoms with E-state index in [1.165, 1.54) is 24.3 Å². The van der Waals surface area contributed by atoms with Gasteiger partial charge in [-0.05, 0) is 49.7 Å². The maximum Gasteiger partial charge on any atom is 0.338 e. The molecule has 13 nitrogen and oxygen atoms in total. The zero-order valence-corrected chi connectivity index (χ0v) is 23.1. The van der Waals surface area contributed by atoms with Crippen LogP contribution in [0.25, 0.3) is 0 Å². The summed E-state index contributed by atoms with van der Waals surface area (Å²) in [5.41, 5.74) is -3.18. The fraction of sp³-hybridized carbons (Fsp3) is 0.533. The third-order valence-corrected chi connectivity index (χ3v) is 9.87. The molecule has 3 saturated carbocycles. The maximum absolute atomic E-state index is 12.9. The Morgan fingerprint density at radius 2 is 1.58 bits per heavy atom. The van der Waals surface area contributed by atoms with Gasteiger partial charge in [-0.3, -0.25) is 0 Å². The molecule has 2 aromatic carbocycles. The molecule has 7 fully saturated rings. The molecular weight excluding hydrogens is 568 g/mol. The first-order valence-corrected chi connectivity index (χ1v) is 14.1. The Morgan fingerprint density at radius 3 is 2.30 bits per heavy atom. The standard InChI is InChI=1S/C30H32O13/c1-27-13-29(37)19-11-30(27,28(19,26(42-27)43-29)14-39-24(36)16-7-9-17(31)10-8-16)41-25-22(34)21(33)20(32)18(40-25)12-38-23(35)15-5-3-2-4-6-15/h2-10,18-22,25-26,31-34,37H,11-14H2,1H3/t18-,19-,20-,21+,22-,25+,26-,27+,28-,29-,30+/m1/s1. The van der Waals surface area contributed by atoms with Gasteiger partial charge in [-0.1, -0.05) is 18.2 Å². The molecule has 4 heterocycles. The number of aromatic hydroxyl groups is 1. The molecular formula is C30H32O13. The number of hydrogen-bond donors (Lipinski definition) is 5. The van der Waals surface area contributed by atoms with E-state index in [9.17, 15) is 35.1 Å². The number of phenols is 1. The number of phenolic OH excluding ortho intramolecular Hbond substituents is 1. The van der Waals surface area contributed by atoms with Crippen LogP contribution in [-0.4, -0.2) is 105 Å². The monoisotopic (exact) mass is 600 g/mol. The summed E-state index contributed by atoms with van der Waals surface area (Å²) in [4.78, 5) is 25.4. The zero-order chi connectivity index (χ0) is 30.4. The molecule has 2 aromatic rings. The number of carbonyl (C=O) groups is 2. The first kappa shape index (κ1) is 28.6. The van der Waals surface area contributed by atoms with E-state index in [1.54, 1.807) is 37.3 Å². The lowest BCUT2D eigenvalue weighted by Gasteiger charge is -2.67. The fourth-order valence-corrected chi connectivity index (χ4v) is 7.70. The van der Waals surface area contributed by atoms with E-state index >= 15 is 0 Å². The van der Waals surface area contributed by atoms with E-state index < -0.39 is 83.9 Å². The van der Waals surface area contributed by atoms with Crippen molar-refractivity contribution < 1.29 is 63.5 Å². The van der Waals surface area contributed by atoms with E-state index in [2.05, 4.69) is 0 Å². The van der Waals surface area contributed by atoms with Gasteiger partial charge in [0.1, 0.15) is 54.6 Å². The predicted molar refractivity (Wildman–Crippen MR) is 140 cm³/mol. The van der Waals surface area contributed by atoms with E-state index in [4.69, 9.17) is 28.4 Å². The molecule has 6 bridgehead atoms. The van der Waals surface area contributed by atoms with Gasteiger partial charge in [0, 0.05) is 12.3 Å². The number of aliphatic hydroxyl groups excluding tert-OH is 3. The number of rotatable bonds is 8. The Bertz CT molecular complexity index is 1420. The van der Waals surface area contributed by atoms with Crippen LogP contribution in [0.4, 0.5) is 0 Å². The Hall–Kier alpha value is -3.14. The summed E-state index contributed by atoms with van der Waals surface area (Å²) in [6, 6.07) is 13.7. The largest absolute Gasteiger partial charge is 0.508 e. The molecule has 0 spiro atoms. The van der Waals surface area contributed by atoms with Crippen LogP contribution in [-0.2, 0) is 28.4 Å². The quantitative estimate of drug-likeness (QED) is 0.259. The number of carbonyl (C=O) groups excluding carboxylic acids is 2. The van der Waals surface area contributed by atoms with E-state index in [0.29, 0.717) is 0 Å². The van der Waals surface area contributed by atoms with Gasteiger partial charge in [0.2, 0.25) is 0 Å².